The van der Waals surface area contributed by atoms with Gasteiger partial charge in [0.2, 0.25) is 5.95 Å². The lowest BCUT2D eigenvalue weighted by Gasteiger charge is -2.12. The van der Waals surface area contributed by atoms with Crippen LogP contribution in [-0.2, 0) is 0 Å². The molecule has 0 aliphatic carbocycles. The Bertz CT molecular complexity index is 2730. The maximum Gasteiger partial charge on any atom is 0.236 e. The zero-order valence-corrected chi connectivity index (χ0v) is 24.3. The monoisotopic (exact) mass is 584 g/mol. The van der Waals surface area contributed by atoms with Gasteiger partial charge in [0.05, 0.1) is 16.7 Å². The van der Waals surface area contributed by atoms with Crippen LogP contribution in [0.4, 0.5) is 0 Å². The summed E-state index contributed by atoms with van der Waals surface area (Å²) in [4.78, 5) is 16.2. The van der Waals surface area contributed by atoms with Crippen molar-refractivity contribution in [1.82, 2.24) is 19.5 Å². The molecule has 4 nitrogen and oxygen atoms in total. The molecule has 0 fully saturated rings. The summed E-state index contributed by atoms with van der Waals surface area (Å²) in [6.45, 7) is 0. The van der Waals surface area contributed by atoms with Crippen molar-refractivity contribution in [2.24, 2.45) is 0 Å². The fraction of sp³-hybridized carbons (Fsp3) is 0. The van der Waals surface area contributed by atoms with Gasteiger partial charge in [-0.25, -0.2) is 9.97 Å². The van der Waals surface area contributed by atoms with E-state index in [1.165, 1.54) is 51.8 Å². The highest BCUT2D eigenvalue weighted by molar-refractivity contribution is 7.27. The van der Waals surface area contributed by atoms with Crippen molar-refractivity contribution in [3.8, 4) is 17.2 Å². The summed E-state index contributed by atoms with van der Waals surface area (Å²) >= 11 is 3.60. The topological polar surface area (TPSA) is 43.6 Å². The lowest BCUT2D eigenvalue weighted by molar-refractivity contribution is 1.02. The Balaban J connectivity index is 1.45. The molecule has 0 aliphatic heterocycles. The highest BCUT2D eigenvalue weighted by Gasteiger charge is 2.24. The molecule has 0 spiro atoms. The molecular formula is C37H20N4S2. The van der Waals surface area contributed by atoms with Crippen molar-refractivity contribution in [2.75, 3.05) is 0 Å². The third-order valence-corrected chi connectivity index (χ3v) is 10.8. The first kappa shape index (κ1) is 23.4. The van der Waals surface area contributed by atoms with Crippen LogP contribution < -0.4 is 0 Å². The van der Waals surface area contributed by atoms with E-state index in [0.29, 0.717) is 5.95 Å². The number of benzene rings is 5. The van der Waals surface area contributed by atoms with Crippen LogP contribution in [0.5, 0.6) is 0 Å². The van der Waals surface area contributed by atoms with Crippen LogP contribution in [0.25, 0.3) is 90.3 Å². The van der Waals surface area contributed by atoms with Crippen LogP contribution in [0, 0.1) is 0 Å². The molecule has 10 rings (SSSR count). The van der Waals surface area contributed by atoms with E-state index in [0.717, 1.165) is 32.5 Å². The minimum absolute atomic E-state index is 0.674. The Labute approximate surface area is 253 Å². The molecule has 0 saturated heterocycles. The zero-order chi connectivity index (χ0) is 28.1. The third kappa shape index (κ3) is 3.16. The summed E-state index contributed by atoms with van der Waals surface area (Å²) in [5, 5.41) is 9.77. The predicted octanol–water partition coefficient (Wildman–Crippen LogP) is 10.5. The summed E-state index contributed by atoms with van der Waals surface area (Å²) in [5.74, 6) is 0.674. The number of rotatable bonds is 2. The Hall–Kier alpha value is -5.17. The lowest BCUT2D eigenvalue weighted by Crippen LogP contribution is -2.03. The van der Waals surface area contributed by atoms with E-state index >= 15 is 0 Å². The molecule has 10 aromatic rings. The van der Waals surface area contributed by atoms with Crippen molar-refractivity contribution in [3.63, 3.8) is 0 Å². The Morgan fingerprint density at radius 1 is 0.535 bits per heavy atom. The molecule has 0 atom stereocenters. The van der Waals surface area contributed by atoms with E-state index in [9.17, 15) is 0 Å². The minimum atomic E-state index is 0.674. The van der Waals surface area contributed by atoms with Gasteiger partial charge in [0.1, 0.15) is 4.83 Å². The van der Waals surface area contributed by atoms with Gasteiger partial charge in [-0.1, -0.05) is 78.9 Å². The van der Waals surface area contributed by atoms with Crippen LogP contribution >= 0.6 is 22.7 Å². The summed E-state index contributed by atoms with van der Waals surface area (Å²) in [7, 11) is 0. The molecule has 0 bridgehead atoms. The minimum Gasteiger partial charge on any atom is -0.277 e. The number of hydrogen-bond acceptors (Lipinski definition) is 5. The first-order valence-electron chi connectivity index (χ1n) is 14.2. The summed E-state index contributed by atoms with van der Waals surface area (Å²) in [6.07, 6.45) is 3.71. The van der Waals surface area contributed by atoms with Gasteiger partial charge in [0, 0.05) is 75.1 Å². The Morgan fingerprint density at radius 3 is 2.00 bits per heavy atom. The third-order valence-electron chi connectivity index (χ3n) is 8.51. The number of aromatic nitrogens is 4. The van der Waals surface area contributed by atoms with Gasteiger partial charge in [-0.15, -0.1) is 22.7 Å². The van der Waals surface area contributed by atoms with Crippen LogP contribution in [0.2, 0.25) is 0 Å². The van der Waals surface area contributed by atoms with Gasteiger partial charge < -0.3 is 0 Å². The van der Waals surface area contributed by atoms with Gasteiger partial charge in [0.15, 0.2) is 0 Å². The van der Waals surface area contributed by atoms with Gasteiger partial charge >= 0.3 is 0 Å². The maximum absolute atomic E-state index is 5.39. The number of pyridine rings is 1. The molecular weight excluding hydrogens is 565 g/mol. The maximum atomic E-state index is 5.39. The van der Waals surface area contributed by atoms with Gasteiger partial charge in [-0.3, -0.25) is 9.55 Å². The van der Waals surface area contributed by atoms with Crippen molar-refractivity contribution < 1.29 is 0 Å². The van der Waals surface area contributed by atoms with E-state index in [-0.39, 0.29) is 0 Å². The molecule has 0 aliphatic rings. The Kier molecular flexibility index (Phi) is 4.72. The number of hydrogen-bond donors (Lipinski definition) is 0. The second kappa shape index (κ2) is 8.67. The molecule has 5 aromatic heterocycles. The first-order valence-corrected chi connectivity index (χ1v) is 15.8. The predicted molar refractivity (Wildman–Crippen MR) is 183 cm³/mol. The molecule has 200 valence electrons. The first-order chi connectivity index (χ1) is 21.3. The number of thiophene rings is 2. The second-order valence-corrected chi connectivity index (χ2v) is 12.9. The lowest BCUT2D eigenvalue weighted by atomic mass is 10.00. The molecule has 5 aromatic carbocycles. The Morgan fingerprint density at radius 2 is 1.21 bits per heavy atom. The summed E-state index contributed by atoms with van der Waals surface area (Å²) < 4.78 is 6.12. The average molecular weight is 585 g/mol. The second-order valence-electron chi connectivity index (χ2n) is 10.8. The molecule has 0 amide bonds. The van der Waals surface area contributed by atoms with E-state index in [4.69, 9.17) is 9.97 Å². The van der Waals surface area contributed by atoms with Crippen LogP contribution in [-0.4, -0.2) is 19.5 Å². The summed E-state index contributed by atoms with van der Waals surface area (Å²) in [5.41, 5.74) is 4.13. The van der Waals surface area contributed by atoms with Crippen molar-refractivity contribution in [2.45, 2.75) is 0 Å². The van der Waals surface area contributed by atoms with Gasteiger partial charge in [0.25, 0.3) is 0 Å². The standard InChI is InChI=1S/C37H20N4S2/c1-2-12-23-22(11-1)34-30(31-25-14-4-7-17-28(25)42-35(23)31)24-13-3-6-16-27(24)41(34)37-39-33(21-10-9-19-38-20-21)32-26-15-5-8-18-29(26)43-36(32)40-37/h1-20H. The molecule has 0 N–H and O–H groups in total. The summed E-state index contributed by atoms with van der Waals surface area (Å²) in [6, 6.07) is 38.8. The fourth-order valence-electron chi connectivity index (χ4n) is 6.75. The van der Waals surface area contributed by atoms with Crippen molar-refractivity contribution in [3.05, 3.63) is 122 Å². The molecule has 6 heteroatoms. The van der Waals surface area contributed by atoms with Crippen LogP contribution in [0.3, 0.4) is 0 Å². The number of fused-ring (bicyclic) bond motifs is 13. The van der Waals surface area contributed by atoms with E-state index in [1.807, 2.05) is 29.8 Å². The zero-order valence-electron chi connectivity index (χ0n) is 22.7. The fourth-order valence-corrected chi connectivity index (χ4v) is 9.07. The number of para-hydroxylation sites is 1. The van der Waals surface area contributed by atoms with E-state index < -0.39 is 0 Å². The molecule has 5 heterocycles. The quantitative estimate of drug-likeness (QED) is 0.203. The molecule has 43 heavy (non-hydrogen) atoms. The highest BCUT2D eigenvalue weighted by Crippen LogP contribution is 2.48. The largest absolute Gasteiger partial charge is 0.277 e. The van der Waals surface area contributed by atoms with E-state index in [2.05, 4.69) is 113 Å². The van der Waals surface area contributed by atoms with Crippen LogP contribution in [0.15, 0.2) is 122 Å². The van der Waals surface area contributed by atoms with Crippen molar-refractivity contribution >= 4 is 95.7 Å². The molecule has 0 unspecified atom stereocenters. The van der Waals surface area contributed by atoms with Crippen LogP contribution in [0.1, 0.15) is 0 Å². The molecule has 0 saturated carbocycles. The highest BCUT2D eigenvalue weighted by atomic mass is 32.1. The van der Waals surface area contributed by atoms with Crippen molar-refractivity contribution in [1.29, 1.82) is 0 Å². The van der Waals surface area contributed by atoms with Gasteiger partial charge in [-0.2, -0.15) is 0 Å². The average Bonchev–Trinajstić information content (AvgIpc) is 3.74. The smallest absolute Gasteiger partial charge is 0.236 e. The molecule has 0 radical (unpaired) electrons. The number of nitrogens with zero attached hydrogens (tertiary/aromatic N) is 4. The van der Waals surface area contributed by atoms with E-state index in [1.54, 1.807) is 11.3 Å². The van der Waals surface area contributed by atoms with Gasteiger partial charge in [-0.05, 0) is 30.3 Å². The normalized spacial score (nSPS) is 12.2. The SMILES string of the molecule is c1cncc(-c2nc(-n3c4ccccc4c4c5c6ccccc6sc5c5ccccc5c43)nc3sc4ccccc4c23)c1.